The summed E-state index contributed by atoms with van der Waals surface area (Å²) in [6.07, 6.45) is 2.69. The van der Waals surface area contributed by atoms with Crippen molar-refractivity contribution in [1.82, 2.24) is 0 Å². The Kier molecular flexibility index (Phi) is 4.04. The van der Waals surface area contributed by atoms with Gasteiger partial charge in [0.05, 0.1) is 0 Å². The van der Waals surface area contributed by atoms with Crippen molar-refractivity contribution in [2.75, 3.05) is 13.2 Å². The largest absolute Gasteiger partial charge is 0.507 e. The first-order valence-corrected chi connectivity index (χ1v) is 6.04. The molecule has 3 N–H and O–H groups in total. The average molecular weight is 243 g/mol. The van der Waals surface area contributed by atoms with Crippen LogP contribution in [-0.4, -0.2) is 24.4 Å². The molecule has 1 heterocycles. The summed E-state index contributed by atoms with van der Waals surface area (Å²) in [7, 11) is 0. The molecule has 0 spiro atoms. The summed E-state index contributed by atoms with van der Waals surface area (Å²) in [5, 5.41) is 12.4. The van der Waals surface area contributed by atoms with Crippen molar-refractivity contribution in [3.05, 3.63) is 28.8 Å². The fourth-order valence-electron chi connectivity index (χ4n) is 1.97. The molecule has 0 radical (unpaired) electrons. The van der Waals surface area contributed by atoms with Gasteiger partial charge in [-0.25, -0.2) is 0 Å². The van der Waals surface area contributed by atoms with Crippen LogP contribution in [0.5, 0.6) is 5.75 Å². The molecule has 1 aliphatic rings. The van der Waals surface area contributed by atoms with Gasteiger partial charge in [0.15, 0.2) is 0 Å². The normalized spacial score (nSPS) is 20.2. The van der Waals surface area contributed by atoms with Crippen LogP contribution in [0.3, 0.4) is 0 Å². The molecule has 1 saturated heterocycles. The molecule has 0 aromatic heterocycles. The minimum atomic E-state index is 0.313. The van der Waals surface area contributed by atoms with E-state index in [1.165, 1.54) is 6.42 Å². The second-order valence-electron chi connectivity index (χ2n) is 4.14. The fourth-order valence-corrected chi connectivity index (χ4v) is 2.17. The van der Waals surface area contributed by atoms with E-state index in [0.29, 0.717) is 16.9 Å². The lowest BCUT2D eigenvalue weighted by Crippen LogP contribution is -2.84. The zero-order valence-electron chi connectivity index (χ0n) is 9.16. The minimum Gasteiger partial charge on any atom is -0.507 e. The highest BCUT2D eigenvalue weighted by Gasteiger charge is 2.17. The Bertz CT molecular complexity index is 351. The summed E-state index contributed by atoms with van der Waals surface area (Å²) in [6.45, 7) is 2.58. The van der Waals surface area contributed by atoms with Gasteiger partial charge in [0.1, 0.15) is 24.9 Å². The molecule has 1 aromatic rings. The number of aromatic hydroxyl groups is 1. The van der Waals surface area contributed by atoms with Crippen LogP contribution in [0.25, 0.3) is 0 Å². The summed E-state index contributed by atoms with van der Waals surface area (Å²) in [6, 6.07) is 5.14. The van der Waals surface area contributed by atoms with E-state index in [4.69, 9.17) is 16.3 Å². The Morgan fingerprint density at radius 2 is 2.38 bits per heavy atom. The Balaban J connectivity index is 1.82. The third-order valence-corrected chi connectivity index (χ3v) is 3.09. The summed E-state index contributed by atoms with van der Waals surface area (Å²) < 4.78 is 5.53. The number of nitrogens with two attached hydrogens (primary N) is 1. The van der Waals surface area contributed by atoms with Crippen LogP contribution in [0.2, 0.25) is 5.02 Å². The Morgan fingerprint density at radius 1 is 1.50 bits per heavy atom. The topological polar surface area (TPSA) is 46.1 Å². The van der Waals surface area contributed by atoms with E-state index in [1.807, 2.05) is 6.07 Å². The molecular formula is C12H17ClNO2+. The van der Waals surface area contributed by atoms with E-state index >= 15 is 0 Å². The van der Waals surface area contributed by atoms with Crippen molar-refractivity contribution < 1.29 is 15.2 Å². The molecule has 0 saturated carbocycles. The zero-order chi connectivity index (χ0) is 11.4. The van der Waals surface area contributed by atoms with Gasteiger partial charge in [0, 0.05) is 17.2 Å². The third kappa shape index (κ3) is 3.11. The first kappa shape index (κ1) is 11.7. The lowest BCUT2D eigenvalue weighted by molar-refractivity contribution is -0.676. The smallest absolute Gasteiger partial charge is 0.124 e. The number of quaternary nitrogens is 1. The number of phenolic OH excluding ortho intramolecular Hbond substituents is 1. The Morgan fingerprint density at radius 3 is 3.12 bits per heavy atom. The summed E-state index contributed by atoms with van der Waals surface area (Å²) in [5.41, 5.74) is 0.880. The molecule has 1 atom stereocenters. The van der Waals surface area contributed by atoms with Crippen molar-refractivity contribution in [2.24, 2.45) is 0 Å². The first-order valence-electron chi connectivity index (χ1n) is 5.66. The molecule has 16 heavy (non-hydrogen) atoms. The number of phenols is 1. The van der Waals surface area contributed by atoms with E-state index < -0.39 is 0 Å². The van der Waals surface area contributed by atoms with Gasteiger partial charge in [-0.3, -0.25) is 0 Å². The lowest BCUT2D eigenvalue weighted by atomic mass is 10.2. The quantitative estimate of drug-likeness (QED) is 0.836. The Hall–Kier alpha value is -0.770. The highest BCUT2D eigenvalue weighted by molar-refractivity contribution is 6.30. The molecule has 3 nitrogen and oxygen atoms in total. The summed E-state index contributed by atoms with van der Waals surface area (Å²) in [4.78, 5) is 0. The molecule has 1 aliphatic heterocycles. The van der Waals surface area contributed by atoms with Crippen molar-refractivity contribution in [3.63, 3.8) is 0 Å². The third-order valence-electron chi connectivity index (χ3n) is 2.86. The Labute approximate surface area is 100 Å². The first-order chi connectivity index (χ1) is 7.75. The van der Waals surface area contributed by atoms with E-state index in [0.717, 1.165) is 31.7 Å². The van der Waals surface area contributed by atoms with Crippen molar-refractivity contribution in [2.45, 2.75) is 25.5 Å². The number of rotatable bonds is 4. The molecule has 1 aromatic carbocycles. The predicted octanol–water partition coefficient (Wildman–Crippen LogP) is 1.29. The van der Waals surface area contributed by atoms with Crippen LogP contribution >= 0.6 is 11.6 Å². The van der Waals surface area contributed by atoms with Crippen LogP contribution in [-0.2, 0) is 11.3 Å². The van der Waals surface area contributed by atoms with Crippen LogP contribution in [0.15, 0.2) is 18.2 Å². The predicted molar refractivity (Wildman–Crippen MR) is 62.6 cm³/mol. The summed E-state index contributed by atoms with van der Waals surface area (Å²) >= 11 is 5.87. The molecule has 0 aliphatic carbocycles. The van der Waals surface area contributed by atoms with Gasteiger partial charge in [-0.05, 0) is 31.0 Å². The standard InChI is InChI=1S/C12H16ClNO2/c13-10-3-4-12(15)9(6-10)7-14-8-11-2-1-5-16-11/h3-4,6,11,14-15H,1-2,5,7-8H2/p+1/t11-/m1/s1. The molecule has 0 unspecified atom stereocenters. The molecule has 1 fully saturated rings. The number of ether oxygens (including phenoxy) is 1. The van der Waals surface area contributed by atoms with Crippen molar-refractivity contribution in [1.29, 1.82) is 0 Å². The lowest BCUT2D eigenvalue weighted by Gasteiger charge is -2.08. The molecular weight excluding hydrogens is 226 g/mol. The number of hydrogen-bond donors (Lipinski definition) is 2. The maximum Gasteiger partial charge on any atom is 0.124 e. The van der Waals surface area contributed by atoms with E-state index in [1.54, 1.807) is 12.1 Å². The van der Waals surface area contributed by atoms with Crippen LogP contribution in [0.1, 0.15) is 18.4 Å². The van der Waals surface area contributed by atoms with Gasteiger partial charge in [0.25, 0.3) is 0 Å². The average Bonchev–Trinajstić information content (AvgIpc) is 2.76. The maximum absolute atomic E-state index is 9.62. The highest BCUT2D eigenvalue weighted by Crippen LogP contribution is 2.20. The molecule has 2 rings (SSSR count). The van der Waals surface area contributed by atoms with Crippen molar-refractivity contribution in [3.8, 4) is 5.75 Å². The van der Waals surface area contributed by atoms with E-state index in [2.05, 4.69) is 5.32 Å². The van der Waals surface area contributed by atoms with Gasteiger partial charge < -0.3 is 15.2 Å². The van der Waals surface area contributed by atoms with Gasteiger partial charge >= 0.3 is 0 Å². The SMILES string of the molecule is Oc1ccc(Cl)cc1C[NH2+]C[C@H]1CCCO1. The highest BCUT2D eigenvalue weighted by atomic mass is 35.5. The summed E-state index contributed by atoms with van der Waals surface area (Å²) in [5.74, 6) is 0.313. The number of hydrogen-bond acceptors (Lipinski definition) is 2. The molecule has 4 heteroatoms. The monoisotopic (exact) mass is 242 g/mol. The zero-order valence-corrected chi connectivity index (χ0v) is 9.91. The van der Waals surface area contributed by atoms with Gasteiger partial charge in [-0.15, -0.1) is 0 Å². The second-order valence-corrected chi connectivity index (χ2v) is 4.57. The van der Waals surface area contributed by atoms with Crippen LogP contribution < -0.4 is 5.32 Å². The van der Waals surface area contributed by atoms with Gasteiger partial charge in [0.2, 0.25) is 0 Å². The fraction of sp³-hybridized carbons (Fsp3) is 0.500. The van der Waals surface area contributed by atoms with Crippen molar-refractivity contribution >= 4 is 11.6 Å². The van der Waals surface area contributed by atoms with E-state index in [9.17, 15) is 5.11 Å². The van der Waals surface area contributed by atoms with Crippen LogP contribution in [0.4, 0.5) is 0 Å². The number of halogens is 1. The van der Waals surface area contributed by atoms with Gasteiger partial charge in [-0.2, -0.15) is 0 Å². The molecule has 0 bridgehead atoms. The van der Waals surface area contributed by atoms with Crippen LogP contribution in [0, 0.1) is 0 Å². The minimum absolute atomic E-state index is 0.313. The molecule has 0 amide bonds. The van der Waals surface area contributed by atoms with E-state index in [-0.39, 0.29) is 0 Å². The second kappa shape index (κ2) is 5.53. The number of benzene rings is 1. The molecule has 88 valence electrons. The maximum atomic E-state index is 9.62. The van der Waals surface area contributed by atoms with Gasteiger partial charge in [-0.1, -0.05) is 11.6 Å².